The quantitative estimate of drug-likeness (QED) is 0.860. The molecule has 1 fully saturated rings. The molecule has 1 aliphatic heterocycles. The second kappa shape index (κ2) is 7.14. The van der Waals surface area contributed by atoms with Gasteiger partial charge in [-0.1, -0.05) is 23.8 Å². The molecule has 1 atom stereocenters. The zero-order valence-electron chi connectivity index (χ0n) is 12.7. The third-order valence-corrected chi connectivity index (χ3v) is 4.63. The van der Waals surface area contributed by atoms with Gasteiger partial charge in [0, 0.05) is 25.3 Å². The van der Waals surface area contributed by atoms with Crippen molar-refractivity contribution in [3.63, 3.8) is 0 Å². The van der Waals surface area contributed by atoms with Crippen LogP contribution >= 0.6 is 11.6 Å². The summed E-state index contributed by atoms with van der Waals surface area (Å²) in [5.41, 5.74) is 0.584. The summed E-state index contributed by atoms with van der Waals surface area (Å²) in [4.78, 5) is 18.7. The number of amides is 1. The normalized spacial score (nSPS) is 21.7. The van der Waals surface area contributed by atoms with Crippen LogP contribution in [0.5, 0.6) is 0 Å². The van der Waals surface area contributed by atoms with E-state index >= 15 is 0 Å². The van der Waals surface area contributed by atoms with E-state index in [0.29, 0.717) is 22.4 Å². The highest BCUT2D eigenvalue weighted by Gasteiger charge is 2.20. The van der Waals surface area contributed by atoms with Crippen molar-refractivity contribution in [3.8, 4) is 0 Å². The third-order valence-electron chi connectivity index (χ3n) is 4.34. The SMILES string of the molecule is O=C(c1cnc(NC2CC=CCC2)c(Cl)c1)N1CCCCC1. The van der Waals surface area contributed by atoms with E-state index in [2.05, 4.69) is 22.5 Å². The van der Waals surface area contributed by atoms with Crippen LogP contribution in [0.2, 0.25) is 5.02 Å². The Labute approximate surface area is 136 Å². The molecule has 0 bridgehead atoms. The lowest BCUT2D eigenvalue weighted by atomic mass is 10.0. The van der Waals surface area contributed by atoms with Crippen molar-refractivity contribution in [2.45, 2.75) is 44.6 Å². The maximum atomic E-state index is 12.5. The number of carbonyl (C=O) groups excluding carboxylic acids is 1. The fourth-order valence-corrected chi connectivity index (χ4v) is 3.28. The van der Waals surface area contributed by atoms with Crippen LogP contribution in [0.25, 0.3) is 0 Å². The number of carbonyl (C=O) groups is 1. The number of aromatic nitrogens is 1. The Hall–Kier alpha value is -1.55. The summed E-state index contributed by atoms with van der Waals surface area (Å²) < 4.78 is 0. The lowest BCUT2D eigenvalue weighted by Crippen LogP contribution is -2.35. The summed E-state index contributed by atoms with van der Waals surface area (Å²) in [6.45, 7) is 1.68. The Morgan fingerprint density at radius 2 is 2.09 bits per heavy atom. The van der Waals surface area contributed by atoms with Gasteiger partial charge in [-0.05, 0) is 44.6 Å². The fraction of sp³-hybridized carbons (Fsp3) is 0.529. The van der Waals surface area contributed by atoms with Crippen molar-refractivity contribution in [3.05, 3.63) is 35.0 Å². The first-order chi connectivity index (χ1) is 10.7. The maximum Gasteiger partial charge on any atom is 0.255 e. The standard InChI is InChI=1S/C17H22ClN3O/c18-15-11-13(17(22)21-9-5-2-6-10-21)12-19-16(15)20-14-7-3-1-4-8-14/h1,3,11-12,14H,2,4-10H2,(H,19,20). The number of likely N-dealkylation sites (tertiary alicyclic amines) is 1. The zero-order chi connectivity index (χ0) is 15.4. The molecule has 0 radical (unpaired) electrons. The van der Waals surface area contributed by atoms with Gasteiger partial charge in [0.15, 0.2) is 0 Å². The van der Waals surface area contributed by atoms with E-state index in [1.165, 1.54) is 6.42 Å². The second-order valence-corrected chi connectivity index (χ2v) is 6.44. The number of rotatable bonds is 3. The third kappa shape index (κ3) is 3.61. The Morgan fingerprint density at radius 1 is 1.27 bits per heavy atom. The minimum Gasteiger partial charge on any atom is -0.366 e. The molecule has 1 aromatic heterocycles. The number of hydrogen-bond donors (Lipinski definition) is 1. The molecular weight excluding hydrogens is 298 g/mol. The molecule has 1 amide bonds. The topological polar surface area (TPSA) is 45.2 Å². The molecule has 2 aliphatic rings. The fourth-order valence-electron chi connectivity index (χ4n) is 3.06. The van der Waals surface area contributed by atoms with Crippen molar-refractivity contribution in [2.24, 2.45) is 0 Å². The Morgan fingerprint density at radius 3 is 2.77 bits per heavy atom. The van der Waals surface area contributed by atoms with Gasteiger partial charge < -0.3 is 10.2 Å². The van der Waals surface area contributed by atoms with Crippen LogP contribution in [0.15, 0.2) is 24.4 Å². The van der Waals surface area contributed by atoms with Gasteiger partial charge in [0.1, 0.15) is 5.82 Å². The minimum absolute atomic E-state index is 0.0428. The second-order valence-electron chi connectivity index (χ2n) is 6.03. The van der Waals surface area contributed by atoms with E-state index < -0.39 is 0 Å². The number of anilines is 1. The number of allylic oxidation sites excluding steroid dienone is 1. The highest BCUT2D eigenvalue weighted by atomic mass is 35.5. The summed E-state index contributed by atoms with van der Waals surface area (Å²) in [6.07, 6.45) is 12.6. The summed E-state index contributed by atoms with van der Waals surface area (Å²) >= 11 is 6.32. The predicted octanol–water partition coefficient (Wildman–Crippen LogP) is 3.88. The Balaban J connectivity index is 1.68. The monoisotopic (exact) mass is 319 g/mol. The van der Waals surface area contributed by atoms with Crippen molar-refractivity contribution in [1.82, 2.24) is 9.88 Å². The minimum atomic E-state index is 0.0428. The molecule has 5 heteroatoms. The van der Waals surface area contributed by atoms with Crippen LogP contribution in [-0.4, -0.2) is 34.9 Å². The molecule has 22 heavy (non-hydrogen) atoms. The summed E-state index contributed by atoms with van der Waals surface area (Å²) in [5, 5.41) is 3.90. The summed E-state index contributed by atoms with van der Waals surface area (Å²) in [6, 6.07) is 2.12. The van der Waals surface area contributed by atoms with Crippen molar-refractivity contribution in [2.75, 3.05) is 18.4 Å². The molecular formula is C17H22ClN3O. The van der Waals surface area contributed by atoms with Crippen LogP contribution in [0.3, 0.4) is 0 Å². The maximum absolute atomic E-state index is 12.5. The van der Waals surface area contributed by atoms with Crippen LogP contribution in [0.1, 0.15) is 48.9 Å². The van der Waals surface area contributed by atoms with Crippen molar-refractivity contribution >= 4 is 23.3 Å². The molecule has 1 unspecified atom stereocenters. The van der Waals surface area contributed by atoms with Crippen LogP contribution in [0.4, 0.5) is 5.82 Å². The number of halogens is 1. The van der Waals surface area contributed by atoms with Gasteiger partial charge in [0.05, 0.1) is 10.6 Å². The van der Waals surface area contributed by atoms with Crippen LogP contribution in [0, 0.1) is 0 Å². The molecule has 0 spiro atoms. The van der Waals surface area contributed by atoms with E-state index in [1.54, 1.807) is 12.3 Å². The number of nitrogens with one attached hydrogen (secondary N) is 1. The molecule has 118 valence electrons. The number of pyridine rings is 1. The lowest BCUT2D eigenvalue weighted by molar-refractivity contribution is 0.0724. The molecule has 2 heterocycles. The summed E-state index contributed by atoms with van der Waals surface area (Å²) in [7, 11) is 0. The molecule has 3 rings (SSSR count). The molecule has 1 N–H and O–H groups in total. The molecule has 0 saturated carbocycles. The summed E-state index contributed by atoms with van der Waals surface area (Å²) in [5.74, 6) is 0.721. The van der Waals surface area contributed by atoms with Gasteiger partial charge >= 0.3 is 0 Å². The van der Waals surface area contributed by atoms with Gasteiger partial charge in [-0.3, -0.25) is 4.79 Å². The van der Waals surface area contributed by atoms with Crippen molar-refractivity contribution < 1.29 is 4.79 Å². The zero-order valence-corrected chi connectivity index (χ0v) is 13.5. The highest BCUT2D eigenvalue weighted by molar-refractivity contribution is 6.33. The molecule has 1 saturated heterocycles. The lowest BCUT2D eigenvalue weighted by Gasteiger charge is -2.27. The largest absolute Gasteiger partial charge is 0.366 e. The van der Waals surface area contributed by atoms with Crippen LogP contribution in [-0.2, 0) is 0 Å². The van der Waals surface area contributed by atoms with Gasteiger partial charge in [0.25, 0.3) is 5.91 Å². The Bertz CT molecular complexity index is 567. The van der Waals surface area contributed by atoms with Gasteiger partial charge in [-0.15, -0.1) is 0 Å². The molecule has 4 nitrogen and oxygen atoms in total. The first-order valence-corrected chi connectivity index (χ1v) is 8.48. The van der Waals surface area contributed by atoms with E-state index in [9.17, 15) is 4.79 Å². The smallest absolute Gasteiger partial charge is 0.255 e. The number of nitrogens with zero attached hydrogens (tertiary/aromatic N) is 2. The van der Waals surface area contributed by atoms with Crippen molar-refractivity contribution in [1.29, 1.82) is 0 Å². The van der Waals surface area contributed by atoms with Gasteiger partial charge in [-0.2, -0.15) is 0 Å². The Kier molecular flexibility index (Phi) is 4.98. The van der Waals surface area contributed by atoms with E-state index in [4.69, 9.17) is 11.6 Å². The highest BCUT2D eigenvalue weighted by Crippen LogP contribution is 2.24. The van der Waals surface area contributed by atoms with E-state index in [1.807, 2.05) is 4.90 Å². The number of hydrogen-bond acceptors (Lipinski definition) is 3. The first kappa shape index (κ1) is 15.3. The predicted molar refractivity (Wildman–Crippen MR) is 89.4 cm³/mol. The first-order valence-electron chi connectivity index (χ1n) is 8.10. The molecule has 0 aromatic carbocycles. The van der Waals surface area contributed by atoms with E-state index in [-0.39, 0.29) is 5.91 Å². The van der Waals surface area contributed by atoms with Gasteiger partial charge in [0.2, 0.25) is 0 Å². The molecule has 1 aliphatic carbocycles. The number of piperidine rings is 1. The van der Waals surface area contributed by atoms with Crippen LogP contribution < -0.4 is 5.32 Å². The molecule has 1 aromatic rings. The van der Waals surface area contributed by atoms with E-state index in [0.717, 1.165) is 45.2 Å². The average molecular weight is 320 g/mol. The van der Waals surface area contributed by atoms with Gasteiger partial charge in [-0.25, -0.2) is 4.98 Å². The average Bonchev–Trinajstić information content (AvgIpc) is 2.58.